The number of benzene rings is 2. The average molecular weight is 348 g/mol. The van der Waals surface area contributed by atoms with Gasteiger partial charge in [0.2, 0.25) is 0 Å². The van der Waals surface area contributed by atoms with Crippen LogP contribution >= 0.6 is 0 Å². The summed E-state index contributed by atoms with van der Waals surface area (Å²) in [5, 5.41) is 1.12. The van der Waals surface area contributed by atoms with E-state index >= 15 is 0 Å². The molecule has 1 N–H and O–H groups in total. The third-order valence-electron chi connectivity index (χ3n) is 5.27. The minimum absolute atomic E-state index is 0.0267. The van der Waals surface area contributed by atoms with E-state index in [0.29, 0.717) is 11.8 Å². The molecular weight excluding hydrogens is 318 g/mol. The molecular formula is C24H29NO. The lowest BCUT2D eigenvalue weighted by Crippen LogP contribution is -2.13. The Labute approximate surface area is 156 Å². The van der Waals surface area contributed by atoms with Crippen LogP contribution in [0, 0.1) is 0 Å². The molecule has 0 aliphatic rings. The van der Waals surface area contributed by atoms with Crippen LogP contribution in [-0.4, -0.2) is 4.98 Å². The molecule has 0 saturated carbocycles. The molecule has 0 amide bonds. The van der Waals surface area contributed by atoms with E-state index in [4.69, 9.17) is 0 Å². The number of aromatic amines is 1. The van der Waals surface area contributed by atoms with Gasteiger partial charge in [-0.2, -0.15) is 0 Å². The van der Waals surface area contributed by atoms with Crippen LogP contribution in [0.15, 0.2) is 53.3 Å². The summed E-state index contributed by atoms with van der Waals surface area (Å²) in [5.41, 5.74) is 5.86. The highest BCUT2D eigenvalue weighted by Gasteiger charge is 2.10. The first kappa shape index (κ1) is 18.4. The third kappa shape index (κ3) is 3.90. The zero-order chi connectivity index (χ0) is 18.8. The fourth-order valence-corrected chi connectivity index (χ4v) is 3.51. The molecule has 26 heavy (non-hydrogen) atoms. The zero-order valence-electron chi connectivity index (χ0n) is 16.5. The van der Waals surface area contributed by atoms with Crippen molar-refractivity contribution in [1.29, 1.82) is 0 Å². The van der Waals surface area contributed by atoms with E-state index < -0.39 is 0 Å². The van der Waals surface area contributed by atoms with Crippen LogP contribution in [0.4, 0.5) is 0 Å². The molecule has 1 heterocycles. The van der Waals surface area contributed by atoms with Crippen LogP contribution in [0.2, 0.25) is 0 Å². The van der Waals surface area contributed by atoms with E-state index in [0.717, 1.165) is 22.9 Å². The number of hydrogen-bond donors (Lipinski definition) is 1. The van der Waals surface area contributed by atoms with Crippen molar-refractivity contribution >= 4 is 10.9 Å². The van der Waals surface area contributed by atoms with Crippen LogP contribution in [-0.2, 0) is 6.42 Å². The minimum Gasteiger partial charge on any atom is -0.322 e. The summed E-state index contributed by atoms with van der Waals surface area (Å²) in [6.07, 6.45) is 0.993. The summed E-state index contributed by atoms with van der Waals surface area (Å²) in [7, 11) is 0. The number of fused-ring (bicyclic) bond motifs is 1. The topological polar surface area (TPSA) is 32.9 Å². The molecule has 0 saturated heterocycles. The van der Waals surface area contributed by atoms with Crippen LogP contribution in [0.25, 0.3) is 10.9 Å². The van der Waals surface area contributed by atoms with Gasteiger partial charge in [-0.05, 0) is 64.5 Å². The lowest BCUT2D eigenvalue weighted by molar-refractivity contribution is 0.757. The van der Waals surface area contributed by atoms with E-state index in [1.165, 1.54) is 16.7 Å². The van der Waals surface area contributed by atoms with Gasteiger partial charge in [-0.1, -0.05) is 65.0 Å². The Hall–Kier alpha value is -2.35. The van der Waals surface area contributed by atoms with Crippen LogP contribution in [0.3, 0.4) is 0 Å². The van der Waals surface area contributed by atoms with Crippen molar-refractivity contribution < 1.29 is 0 Å². The van der Waals surface area contributed by atoms with Gasteiger partial charge in [0.15, 0.2) is 0 Å². The Balaban J connectivity index is 1.85. The molecule has 2 heteroatoms. The second-order valence-electron chi connectivity index (χ2n) is 8.06. The molecule has 0 aliphatic carbocycles. The Kier molecular flexibility index (Phi) is 5.31. The van der Waals surface area contributed by atoms with Gasteiger partial charge in [0.05, 0.1) is 0 Å². The fourth-order valence-electron chi connectivity index (χ4n) is 3.51. The Morgan fingerprint density at radius 2 is 1.46 bits per heavy atom. The summed E-state index contributed by atoms with van der Waals surface area (Å²) in [4.78, 5) is 15.2. The number of hydrogen-bond acceptors (Lipinski definition) is 1. The molecule has 2 aromatic carbocycles. The fraction of sp³-hybridized carbons (Fsp3) is 0.375. The second-order valence-corrected chi connectivity index (χ2v) is 8.06. The second kappa shape index (κ2) is 7.49. The van der Waals surface area contributed by atoms with Gasteiger partial charge in [-0.25, -0.2) is 0 Å². The van der Waals surface area contributed by atoms with Crippen molar-refractivity contribution in [2.45, 2.75) is 58.8 Å². The summed E-state index contributed by atoms with van der Waals surface area (Å²) in [5.74, 6) is 1.25. The van der Waals surface area contributed by atoms with Gasteiger partial charge in [-0.3, -0.25) is 4.79 Å². The quantitative estimate of drug-likeness (QED) is 0.592. The molecule has 3 rings (SSSR count). The molecule has 0 radical (unpaired) electrons. The first-order valence-electron chi connectivity index (χ1n) is 9.61. The first-order chi connectivity index (χ1) is 12.3. The van der Waals surface area contributed by atoms with E-state index in [2.05, 4.69) is 76.0 Å². The Bertz CT molecular complexity index is 948. The van der Waals surface area contributed by atoms with E-state index in [-0.39, 0.29) is 11.5 Å². The molecule has 0 aliphatic heterocycles. The molecule has 1 unspecified atom stereocenters. The normalized spacial score (nSPS) is 12.9. The predicted molar refractivity (Wildman–Crippen MR) is 111 cm³/mol. The molecule has 1 aromatic heterocycles. The molecule has 0 bridgehead atoms. The van der Waals surface area contributed by atoms with Crippen molar-refractivity contribution in [3.63, 3.8) is 0 Å². The van der Waals surface area contributed by atoms with E-state index in [1.54, 1.807) is 0 Å². The minimum atomic E-state index is 0.0267. The lowest BCUT2D eigenvalue weighted by atomic mass is 9.91. The smallest absolute Gasteiger partial charge is 0.251 e. The largest absolute Gasteiger partial charge is 0.322 e. The van der Waals surface area contributed by atoms with Gasteiger partial charge in [0.25, 0.3) is 5.56 Å². The van der Waals surface area contributed by atoms with Crippen LogP contribution in [0.1, 0.15) is 74.6 Å². The number of nitrogens with one attached hydrogen (secondary N) is 1. The number of rotatable bonds is 5. The summed E-state index contributed by atoms with van der Waals surface area (Å²) >= 11 is 0. The maximum Gasteiger partial charge on any atom is 0.251 e. The predicted octanol–water partition coefficient (Wildman–Crippen LogP) is 6.12. The van der Waals surface area contributed by atoms with Crippen molar-refractivity contribution in [3.8, 4) is 0 Å². The van der Waals surface area contributed by atoms with Gasteiger partial charge >= 0.3 is 0 Å². The molecule has 136 valence electrons. The van der Waals surface area contributed by atoms with Gasteiger partial charge in [-0.15, -0.1) is 0 Å². The monoisotopic (exact) mass is 347 g/mol. The van der Waals surface area contributed by atoms with Gasteiger partial charge in [0.1, 0.15) is 0 Å². The summed E-state index contributed by atoms with van der Waals surface area (Å²) < 4.78 is 0. The third-order valence-corrected chi connectivity index (χ3v) is 5.27. The number of H-pyrrole nitrogens is 1. The molecule has 2 nitrogen and oxygen atoms in total. The van der Waals surface area contributed by atoms with Crippen molar-refractivity contribution in [2.24, 2.45) is 0 Å². The maximum absolute atomic E-state index is 12.1. The average Bonchev–Trinajstić information content (AvgIpc) is 2.61. The lowest BCUT2D eigenvalue weighted by Gasteiger charge is -2.14. The Morgan fingerprint density at radius 1 is 0.808 bits per heavy atom. The van der Waals surface area contributed by atoms with Crippen molar-refractivity contribution in [3.05, 3.63) is 81.1 Å². The highest BCUT2D eigenvalue weighted by Crippen LogP contribution is 2.25. The maximum atomic E-state index is 12.1. The number of aromatic nitrogens is 1. The van der Waals surface area contributed by atoms with Crippen molar-refractivity contribution in [2.75, 3.05) is 0 Å². The first-order valence-corrected chi connectivity index (χ1v) is 9.61. The van der Waals surface area contributed by atoms with Crippen LogP contribution in [0.5, 0.6) is 0 Å². The SMILES string of the molecule is CC(C)c1ccc(C(C)Cc2ccc3[nH]c(=O)c(C(C)C)cc3c2)cc1. The molecule has 3 aromatic rings. The molecule has 0 fully saturated rings. The zero-order valence-corrected chi connectivity index (χ0v) is 16.5. The van der Waals surface area contributed by atoms with Gasteiger partial charge < -0.3 is 4.98 Å². The van der Waals surface area contributed by atoms with Gasteiger partial charge in [0, 0.05) is 11.1 Å². The highest BCUT2D eigenvalue weighted by atomic mass is 16.1. The number of pyridine rings is 1. The Morgan fingerprint density at radius 3 is 2.08 bits per heavy atom. The van der Waals surface area contributed by atoms with Crippen LogP contribution < -0.4 is 5.56 Å². The molecule has 1 atom stereocenters. The van der Waals surface area contributed by atoms with Crippen molar-refractivity contribution in [1.82, 2.24) is 4.98 Å². The van der Waals surface area contributed by atoms with E-state index in [9.17, 15) is 4.79 Å². The van der Waals surface area contributed by atoms with E-state index in [1.807, 2.05) is 12.1 Å². The molecule has 0 spiro atoms. The standard InChI is InChI=1S/C24H29NO/c1-15(2)19-7-9-20(10-8-19)17(5)12-18-6-11-23-21(13-18)14-22(16(3)4)24(26)25-23/h6-11,13-17H,12H2,1-5H3,(H,25,26). The summed E-state index contributed by atoms with van der Waals surface area (Å²) in [6.45, 7) is 10.8. The summed E-state index contributed by atoms with van der Waals surface area (Å²) in [6, 6.07) is 17.4. The highest BCUT2D eigenvalue weighted by molar-refractivity contribution is 5.79.